The lowest BCUT2D eigenvalue weighted by Crippen LogP contribution is -2.14. The Labute approximate surface area is 186 Å². The number of carboxylic acid groups (broad SMARTS) is 1. The Morgan fingerprint density at radius 3 is 2.42 bits per heavy atom. The molecule has 2 heterocycles. The van der Waals surface area contributed by atoms with E-state index in [0.29, 0.717) is 12.0 Å². The lowest BCUT2D eigenvalue weighted by atomic mass is 10.1. The predicted octanol–water partition coefficient (Wildman–Crippen LogP) is 5.63. The highest BCUT2D eigenvalue weighted by molar-refractivity contribution is 5.92. The third kappa shape index (κ3) is 6.84. The lowest BCUT2D eigenvalue weighted by molar-refractivity contribution is -0.113. The van der Waals surface area contributed by atoms with Crippen molar-refractivity contribution in [1.29, 1.82) is 0 Å². The fraction of sp³-hybridized carbons (Fsp3) is 0.174. The number of para-hydroxylation sites is 1. The van der Waals surface area contributed by atoms with Gasteiger partial charge in [0.05, 0.1) is 0 Å². The van der Waals surface area contributed by atoms with Crippen LogP contribution in [0.15, 0.2) is 67.1 Å². The van der Waals surface area contributed by atoms with Crippen molar-refractivity contribution in [2.45, 2.75) is 12.6 Å². The maximum absolute atomic E-state index is 12.7. The quantitative estimate of drug-likeness (QED) is 0.289. The molecule has 0 aliphatic carbocycles. The zero-order chi connectivity index (χ0) is 23.8. The minimum atomic E-state index is -4.19. The number of aromatic carboxylic acids is 1. The van der Waals surface area contributed by atoms with E-state index in [4.69, 9.17) is 5.11 Å². The second-order valence-corrected chi connectivity index (χ2v) is 6.90. The molecule has 6 nitrogen and oxygen atoms in total. The highest BCUT2D eigenvalue weighted by Gasteiger charge is 2.20. The van der Waals surface area contributed by atoms with Gasteiger partial charge in [-0.3, -0.25) is 4.98 Å². The van der Waals surface area contributed by atoms with E-state index < -0.39 is 18.7 Å². The van der Waals surface area contributed by atoms with Crippen LogP contribution in [0, 0.1) is 5.82 Å². The Kier molecular flexibility index (Phi) is 7.73. The van der Waals surface area contributed by atoms with E-state index >= 15 is 0 Å². The summed E-state index contributed by atoms with van der Waals surface area (Å²) in [6.07, 6.45) is 0.857. The summed E-state index contributed by atoms with van der Waals surface area (Å²) in [5, 5.41) is 13.4. The first-order chi connectivity index (χ1) is 15.7. The number of nitrogens with one attached hydrogen (secondary N) is 1. The molecule has 2 N–H and O–H groups in total. The molecule has 4 aromatic rings. The van der Waals surface area contributed by atoms with E-state index in [9.17, 15) is 22.4 Å². The van der Waals surface area contributed by atoms with Gasteiger partial charge in [-0.05, 0) is 42.3 Å². The molecule has 0 aliphatic rings. The van der Waals surface area contributed by atoms with Crippen LogP contribution in [0.5, 0.6) is 0 Å². The zero-order valence-electron chi connectivity index (χ0n) is 17.2. The van der Waals surface area contributed by atoms with Gasteiger partial charge in [-0.2, -0.15) is 13.2 Å². The van der Waals surface area contributed by atoms with Crippen molar-refractivity contribution in [2.75, 3.05) is 13.1 Å². The van der Waals surface area contributed by atoms with Gasteiger partial charge >= 0.3 is 12.1 Å². The average Bonchev–Trinajstić information content (AvgIpc) is 3.20. The van der Waals surface area contributed by atoms with Crippen molar-refractivity contribution < 1.29 is 27.5 Å². The van der Waals surface area contributed by atoms with E-state index in [1.807, 2.05) is 30.5 Å². The van der Waals surface area contributed by atoms with Crippen molar-refractivity contribution in [1.82, 2.24) is 15.0 Å². The van der Waals surface area contributed by atoms with Crippen LogP contribution >= 0.6 is 0 Å². The fourth-order valence-corrected chi connectivity index (χ4v) is 3.06. The molecule has 33 heavy (non-hydrogen) atoms. The van der Waals surface area contributed by atoms with Crippen LogP contribution in [0.3, 0.4) is 0 Å². The molecule has 0 atom stereocenters. The standard InChI is InChI=1S/C12H12F3N2.C11H7FN2O2/c13-12(14,15)8-16-6-5-9-7-17-11-4-2-1-3-10(9)11;12-8-3-1-7(2-4-8)9-10(11(15)16)14-6-5-13-9/h1-4,7,17H,5-6,8H2;1-6H,(H,15,16)/q-1;. The second kappa shape index (κ2) is 10.7. The van der Waals surface area contributed by atoms with Gasteiger partial charge in [0.15, 0.2) is 5.69 Å². The third-order valence-corrected chi connectivity index (χ3v) is 4.52. The second-order valence-electron chi connectivity index (χ2n) is 6.90. The highest BCUT2D eigenvalue weighted by Crippen LogP contribution is 2.21. The molecule has 10 heteroatoms. The first-order valence-electron chi connectivity index (χ1n) is 9.80. The number of H-pyrrole nitrogens is 1. The molecule has 0 radical (unpaired) electrons. The minimum absolute atomic E-state index is 0.144. The monoisotopic (exact) mass is 459 g/mol. The van der Waals surface area contributed by atoms with Gasteiger partial charge in [0.2, 0.25) is 0 Å². The first kappa shape index (κ1) is 23.9. The Bertz CT molecular complexity index is 1210. The molecule has 0 unspecified atom stereocenters. The van der Waals surface area contributed by atoms with E-state index in [0.717, 1.165) is 16.5 Å². The van der Waals surface area contributed by atoms with Crippen LogP contribution in [0.1, 0.15) is 16.1 Å². The van der Waals surface area contributed by atoms with E-state index in [1.54, 1.807) is 0 Å². The summed E-state index contributed by atoms with van der Waals surface area (Å²) in [6, 6.07) is 13.1. The van der Waals surface area contributed by atoms with Crippen LogP contribution in [0.4, 0.5) is 17.6 Å². The summed E-state index contributed by atoms with van der Waals surface area (Å²) in [4.78, 5) is 21.6. The van der Waals surface area contributed by atoms with Crippen LogP contribution < -0.4 is 0 Å². The summed E-state index contributed by atoms with van der Waals surface area (Å²) in [7, 11) is 0. The predicted molar refractivity (Wildman–Crippen MR) is 116 cm³/mol. The number of fused-ring (bicyclic) bond motifs is 1. The lowest BCUT2D eigenvalue weighted by Gasteiger charge is -2.20. The Morgan fingerprint density at radius 2 is 1.73 bits per heavy atom. The number of rotatable bonds is 6. The van der Waals surface area contributed by atoms with Gasteiger partial charge in [-0.15, -0.1) is 6.54 Å². The number of aromatic amines is 1. The molecule has 172 valence electrons. The number of hydrogen-bond acceptors (Lipinski definition) is 3. The number of nitrogens with zero attached hydrogens (tertiary/aromatic N) is 3. The molecule has 0 saturated heterocycles. The molecule has 0 fully saturated rings. The fourth-order valence-electron chi connectivity index (χ4n) is 3.06. The number of carbonyl (C=O) groups is 1. The SMILES string of the molecule is FC(F)(F)C[N-]CCc1c[nH]c2ccccc12.O=C(O)c1nccnc1-c1ccc(F)cc1. The zero-order valence-corrected chi connectivity index (χ0v) is 17.2. The maximum atomic E-state index is 12.7. The smallest absolute Gasteiger partial charge is 0.371 e. The number of halogens is 4. The summed E-state index contributed by atoms with van der Waals surface area (Å²) in [5.74, 6) is -1.54. The van der Waals surface area contributed by atoms with Crippen molar-refractivity contribution in [2.24, 2.45) is 0 Å². The summed E-state index contributed by atoms with van der Waals surface area (Å²) in [6.45, 7) is -0.864. The van der Waals surface area contributed by atoms with Crippen LogP contribution in [-0.4, -0.2) is 45.3 Å². The summed E-state index contributed by atoms with van der Waals surface area (Å²) in [5.41, 5.74) is 2.61. The van der Waals surface area contributed by atoms with Gasteiger partial charge in [0, 0.05) is 35.1 Å². The van der Waals surface area contributed by atoms with Crippen LogP contribution in [0.25, 0.3) is 27.5 Å². The molecule has 0 spiro atoms. The van der Waals surface area contributed by atoms with Crippen molar-refractivity contribution in [3.63, 3.8) is 0 Å². The number of alkyl halides is 3. The van der Waals surface area contributed by atoms with Crippen LogP contribution in [0.2, 0.25) is 0 Å². The molecule has 0 aliphatic heterocycles. The highest BCUT2D eigenvalue weighted by atomic mass is 19.4. The Balaban J connectivity index is 0.000000186. The van der Waals surface area contributed by atoms with Gasteiger partial charge in [-0.1, -0.05) is 24.7 Å². The molecule has 0 bridgehead atoms. The van der Waals surface area contributed by atoms with Gasteiger partial charge in [0.25, 0.3) is 0 Å². The summed E-state index contributed by atoms with van der Waals surface area (Å²) < 4.78 is 48.3. The first-order valence-corrected chi connectivity index (χ1v) is 9.80. The van der Waals surface area contributed by atoms with Gasteiger partial charge < -0.3 is 15.4 Å². The number of aromatic nitrogens is 3. The Morgan fingerprint density at radius 1 is 1.03 bits per heavy atom. The normalized spacial score (nSPS) is 11.2. The molecule has 2 aromatic carbocycles. The van der Waals surface area contributed by atoms with Crippen molar-refractivity contribution in [3.05, 3.63) is 89.5 Å². The molecule has 0 saturated carbocycles. The van der Waals surface area contributed by atoms with E-state index in [-0.39, 0.29) is 23.7 Å². The number of benzene rings is 2. The average molecular weight is 459 g/mol. The van der Waals surface area contributed by atoms with Gasteiger partial charge in [0.1, 0.15) is 11.5 Å². The number of carboxylic acids is 1. The van der Waals surface area contributed by atoms with Crippen molar-refractivity contribution >= 4 is 16.9 Å². The van der Waals surface area contributed by atoms with E-state index in [2.05, 4.69) is 20.3 Å². The third-order valence-electron chi connectivity index (χ3n) is 4.52. The molecular weight excluding hydrogens is 440 g/mol. The molecule has 4 rings (SSSR count). The molecular formula is C23H19F4N4O2-. The molecule has 2 aromatic heterocycles. The van der Waals surface area contributed by atoms with Crippen molar-refractivity contribution in [3.8, 4) is 11.3 Å². The number of hydrogen-bond donors (Lipinski definition) is 2. The summed E-state index contributed by atoms with van der Waals surface area (Å²) >= 11 is 0. The topological polar surface area (TPSA) is 93.0 Å². The van der Waals surface area contributed by atoms with Gasteiger partial charge in [-0.25, -0.2) is 14.2 Å². The molecule has 0 amide bonds. The minimum Gasteiger partial charge on any atom is -0.655 e. The Hall–Kier alpha value is -3.79. The largest absolute Gasteiger partial charge is 0.655 e. The van der Waals surface area contributed by atoms with Crippen LogP contribution in [-0.2, 0) is 6.42 Å². The van der Waals surface area contributed by atoms with E-state index in [1.165, 1.54) is 36.7 Å². The maximum Gasteiger partial charge on any atom is 0.371 e.